The first kappa shape index (κ1) is 19.7. The first-order valence-electron chi connectivity index (χ1n) is 8.14. The first-order chi connectivity index (χ1) is 13.5. The molecular weight excluding hydrogens is 405 g/mol. The maximum atomic E-state index is 13.6. The molecule has 1 unspecified atom stereocenters. The van der Waals surface area contributed by atoms with Gasteiger partial charge >= 0.3 is 0 Å². The lowest BCUT2D eigenvalue weighted by Crippen LogP contribution is -2.48. The van der Waals surface area contributed by atoms with Crippen molar-refractivity contribution >= 4 is 35.4 Å². The molecule has 146 valence electrons. The molecule has 28 heavy (non-hydrogen) atoms. The third-order valence-corrected chi connectivity index (χ3v) is 4.81. The van der Waals surface area contributed by atoms with Crippen molar-refractivity contribution in [3.8, 4) is 16.5 Å². The summed E-state index contributed by atoms with van der Waals surface area (Å²) in [4.78, 5) is 25.1. The van der Waals surface area contributed by atoms with E-state index >= 15 is 0 Å². The van der Waals surface area contributed by atoms with Crippen LogP contribution in [0.2, 0.25) is 0 Å². The standard InChI is InChI=1S/C17H16FN5O3S2/c1-10(26-12-6-3-2-5-11(12)18)16(25)21-19-14(24)9-23-15(20-22-17(23)27)13-7-4-8-28-13/h2-8,10H,9H2,1H3,(H,19,24)(H,21,25)(H,22,27). The fraction of sp³-hybridized carbons (Fsp3) is 0.176. The van der Waals surface area contributed by atoms with Gasteiger partial charge in [-0.25, -0.2) is 4.39 Å². The van der Waals surface area contributed by atoms with Crippen LogP contribution in [0.3, 0.4) is 0 Å². The SMILES string of the molecule is CC(Oc1ccccc1F)C(=O)NNC(=O)Cn1c(-c2cccs2)n[nH]c1=S. The van der Waals surface area contributed by atoms with Crippen molar-refractivity contribution in [3.05, 3.63) is 52.4 Å². The van der Waals surface area contributed by atoms with E-state index in [4.69, 9.17) is 17.0 Å². The summed E-state index contributed by atoms with van der Waals surface area (Å²) >= 11 is 6.61. The summed E-state index contributed by atoms with van der Waals surface area (Å²) in [6.07, 6.45) is -1.02. The number of ether oxygens (including phenoxy) is 1. The van der Waals surface area contributed by atoms with Crippen molar-refractivity contribution in [3.63, 3.8) is 0 Å². The van der Waals surface area contributed by atoms with Gasteiger partial charge in [0.15, 0.2) is 28.3 Å². The number of aromatic nitrogens is 3. The second kappa shape index (κ2) is 8.76. The number of amides is 2. The molecule has 3 N–H and O–H groups in total. The maximum Gasteiger partial charge on any atom is 0.279 e. The van der Waals surface area contributed by atoms with Gasteiger partial charge in [0.2, 0.25) is 0 Å². The second-order valence-corrected chi connectivity index (χ2v) is 6.98. The number of nitrogens with zero attached hydrogens (tertiary/aromatic N) is 2. The van der Waals surface area contributed by atoms with Crippen LogP contribution in [0.5, 0.6) is 5.75 Å². The maximum absolute atomic E-state index is 13.6. The zero-order valence-corrected chi connectivity index (χ0v) is 16.3. The Labute approximate surface area is 168 Å². The monoisotopic (exact) mass is 421 g/mol. The van der Waals surface area contributed by atoms with Gasteiger partial charge in [0, 0.05) is 0 Å². The number of benzene rings is 1. The van der Waals surface area contributed by atoms with Gasteiger partial charge in [-0.1, -0.05) is 18.2 Å². The Kier molecular flexibility index (Phi) is 6.16. The molecular formula is C17H16FN5O3S2. The molecule has 8 nitrogen and oxygen atoms in total. The Morgan fingerprint density at radius 1 is 1.32 bits per heavy atom. The number of para-hydroxylation sites is 1. The summed E-state index contributed by atoms with van der Waals surface area (Å²) in [5.41, 5.74) is 4.53. The van der Waals surface area contributed by atoms with Crippen LogP contribution in [0.1, 0.15) is 6.92 Å². The van der Waals surface area contributed by atoms with Gasteiger partial charge < -0.3 is 4.74 Å². The van der Waals surface area contributed by atoms with Crippen molar-refractivity contribution < 1.29 is 18.7 Å². The molecule has 0 bridgehead atoms. The van der Waals surface area contributed by atoms with E-state index in [2.05, 4.69) is 21.0 Å². The number of hydrazine groups is 1. The van der Waals surface area contributed by atoms with E-state index in [9.17, 15) is 14.0 Å². The number of H-pyrrole nitrogens is 1. The van der Waals surface area contributed by atoms with E-state index in [1.54, 1.807) is 6.07 Å². The number of rotatable bonds is 6. The molecule has 0 aliphatic heterocycles. The molecule has 11 heteroatoms. The number of nitrogens with one attached hydrogen (secondary N) is 3. The number of hydrogen-bond acceptors (Lipinski definition) is 6. The molecule has 1 aromatic carbocycles. The van der Waals surface area contributed by atoms with E-state index in [0.717, 1.165) is 4.88 Å². The van der Waals surface area contributed by atoms with Crippen LogP contribution in [-0.4, -0.2) is 32.7 Å². The van der Waals surface area contributed by atoms with Crippen molar-refractivity contribution in [1.82, 2.24) is 25.6 Å². The molecule has 2 heterocycles. The van der Waals surface area contributed by atoms with Crippen molar-refractivity contribution in [1.29, 1.82) is 0 Å². The fourth-order valence-corrected chi connectivity index (χ4v) is 3.18. The Hall–Kier alpha value is -3.05. The third kappa shape index (κ3) is 4.61. The quantitative estimate of drug-likeness (QED) is 0.419. The molecule has 0 saturated carbocycles. The molecule has 0 radical (unpaired) electrons. The normalized spacial score (nSPS) is 11.6. The summed E-state index contributed by atoms with van der Waals surface area (Å²) in [5.74, 6) is -1.26. The molecule has 0 saturated heterocycles. The molecule has 0 spiro atoms. The summed E-state index contributed by atoms with van der Waals surface area (Å²) < 4.78 is 20.6. The molecule has 0 fully saturated rings. The number of halogens is 1. The van der Waals surface area contributed by atoms with E-state index in [-0.39, 0.29) is 17.1 Å². The lowest BCUT2D eigenvalue weighted by Gasteiger charge is -2.15. The molecule has 1 atom stereocenters. The van der Waals surface area contributed by atoms with Crippen LogP contribution >= 0.6 is 23.6 Å². The zero-order valence-electron chi connectivity index (χ0n) is 14.6. The lowest BCUT2D eigenvalue weighted by molar-refractivity contribution is -0.133. The predicted octanol–water partition coefficient (Wildman–Crippen LogP) is 2.42. The number of hydrogen-bond donors (Lipinski definition) is 3. The summed E-state index contributed by atoms with van der Waals surface area (Å²) in [7, 11) is 0. The number of carbonyl (C=O) groups excluding carboxylic acids is 2. The van der Waals surface area contributed by atoms with E-state index in [0.29, 0.717) is 5.82 Å². The highest BCUT2D eigenvalue weighted by Crippen LogP contribution is 2.22. The Morgan fingerprint density at radius 2 is 2.11 bits per heavy atom. The summed E-state index contributed by atoms with van der Waals surface area (Å²) in [6.45, 7) is 1.29. The Morgan fingerprint density at radius 3 is 2.82 bits per heavy atom. The van der Waals surface area contributed by atoms with Gasteiger partial charge in [-0.2, -0.15) is 5.10 Å². The zero-order chi connectivity index (χ0) is 20.1. The van der Waals surface area contributed by atoms with Crippen LogP contribution in [0.15, 0.2) is 41.8 Å². The van der Waals surface area contributed by atoms with Crippen molar-refractivity contribution in [2.45, 2.75) is 19.6 Å². The highest BCUT2D eigenvalue weighted by Gasteiger charge is 2.18. The van der Waals surface area contributed by atoms with E-state index in [1.807, 2.05) is 17.5 Å². The molecule has 2 amide bonds. The van der Waals surface area contributed by atoms with Crippen LogP contribution in [0.4, 0.5) is 4.39 Å². The highest BCUT2D eigenvalue weighted by molar-refractivity contribution is 7.71. The largest absolute Gasteiger partial charge is 0.478 e. The van der Waals surface area contributed by atoms with Gasteiger partial charge in [0.25, 0.3) is 11.8 Å². The topological polar surface area (TPSA) is 101 Å². The van der Waals surface area contributed by atoms with Crippen LogP contribution in [0, 0.1) is 10.6 Å². The van der Waals surface area contributed by atoms with Gasteiger partial charge in [-0.15, -0.1) is 11.3 Å². The highest BCUT2D eigenvalue weighted by atomic mass is 32.1. The predicted molar refractivity (Wildman–Crippen MR) is 104 cm³/mol. The smallest absolute Gasteiger partial charge is 0.279 e. The molecule has 0 aliphatic carbocycles. The van der Waals surface area contributed by atoms with Gasteiger partial charge in [-0.3, -0.25) is 30.1 Å². The van der Waals surface area contributed by atoms with E-state index in [1.165, 1.54) is 41.0 Å². The number of aromatic amines is 1. The van der Waals surface area contributed by atoms with Crippen LogP contribution < -0.4 is 15.6 Å². The summed E-state index contributed by atoms with van der Waals surface area (Å²) in [5, 5.41) is 8.65. The van der Waals surface area contributed by atoms with Gasteiger partial charge in [-0.05, 0) is 42.7 Å². The van der Waals surface area contributed by atoms with Crippen molar-refractivity contribution in [2.75, 3.05) is 0 Å². The number of carbonyl (C=O) groups is 2. The van der Waals surface area contributed by atoms with Gasteiger partial charge in [0.1, 0.15) is 6.54 Å². The summed E-state index contributed by atoms with van der Waals surface area (Å²) in [6, 6.07) is 9.45. The van der Waals surface area contributed by atoms with Crippen LogP contribution in [-0.2, 0) is 16.1 Å². The first-order valence-corrected chi connectivity index (χ1v) is 9.43. The second-order valence-electron chi connectivity index (χ2n) is 5.64. The third-order valence-electron chi connectivity index (χ3n) is 3.64. The van der Waals surface area contributed by atoms with Crippen LogP contribution in [0.25, 0.3) is 10.7 Å². The Balaban J connectivity index is 1.56. The minimum absolute atomic E-state index is 0.0539. The Bertz CT molecular complexity index is 1030. The minimum atomic E-state index is -1.02. The van der Waals surface area contributed by atoms with Gasteiger partial charge in [0.05, 0.1) is 4.88 Å². The lowest BCUT2D eigenvalue weighted by atomic mass is 10.3. The molecule has 3 aromatic rings. The molecule has 3 rings (SSSR count). The minimum Gasteiger partial charge on any atom is -0.478 e. The van der Waals surface area contributed by atoms with Crippen molar-refractivity contribution in [2.24, 2.45) is 0 Å². The fourth-order valence-electron chi connectivity index (χ4n) is 2.26. The van der Waals surface area contributed by atoms with E-state index < -0.39 is 23.7 Å². The molecule has 2 aromatic heterocycles. The number of thiophene rings is 1. The average molecular weight is 421 g/mol. The molecule has 0 aliphatic rings. The average Bonchev–Trinajstić information content (AvgIpc) is 3.32.